The molecule has 0 spiro atoms. The summed E-state index contributed by atoms with van der Waals surface area (Å²) in [7, 11) is 0. The van der Waals surface area contributed by atoms with E-state index in [0.29, 0.717) is 12.0 Å². The van der Waals surface area contributed by atoms with Crippen LogP contribution in [0.5, 0.6) is 0 Å². The Morgan fingerprint density at radius 2 is 1.75 bits per heavy atom. The van der Waals surface area contributed by atoms with Gasteiger partial charge in [-0.3, -0.25) is 10.1 Å². The molecule has 4 aliphatic heterocycles. The van der Waals surface area contributed by atoms with Crippen LogP contribution in [0.15, 0.2) is 0 Å². The minimum absolute atomic E-state index is 0.0399. The van der Waals surface area contributed by atoms with E-state index in [0.717, 1.165) is 56.9 Å². The van der Waals surface area contributed by atoms with E-state index in [2.05, 4.69) is 39.0 Å². The Bertz CT molecular complexity index is 646. The van der Waals surface area contributed by atoms with Gasteiger partial charge < -0.3 is 16.0 Å². The summed E-state index contributed by atoms with van der Waals surface area (Å²) in [6, 6.07) is 1.36. The van der Waals surface area contributed by atoms with Crippen molar-refractivity contribution >= 4 is 17.5 Å². The van der Waals surface area contributed by atoms with E-state index in [1.165, 1.54) is 38.6 Å². The second-order valence-corrected chi connectivity index (χ2v) is 11.4. The number of carbonyl (C=O) groups is 1. The minimum atomic E-state index is -0.0664. The SMILES string of the molecule is CC1CC(C(=O)NC2CNC(N3NCCN3)C(Cl)C2)CNC1C1CCCC2NCCCC21. The number of piperidine rings is 3. The normalized spacial score (nSPS) is 45.9. The number of rotatable bonds is 4. The predicted octanol–water partition coefficient (Wildman–Crippen LogP) is 0.505. The summed E-state index contributed by atoms with van der Waals surface area (Å²) in [5, 5.41) is 16.3. The molecule has 1 saturated carbocycles. The first kappa shape index (κ1) is 23.3. The van der Waals surface area contributed by atoms with Crippen molar-refractivity contribution in [1.29, 1.82) is 0 Å². The number of fused-ring (bicyclic) bond motifs is 1. The van der Waals surface area contributed by atoms with Crippen molar-refractivity contribution in [2.24, 2.45) is 23.7 Å². The summed E-state index contributed by atoms with van der Waals surface area (Å²) < 4.78 is 0. The molecule has 1 aliphatic carbocycles. The standard InChI is InChI=1S/C23H42ClN7O/c1-14-10-15(12-26-21(14)18-4-2-6-20-17(18)5-3-7-25-20)23(32)30-16-11-19(24)22(27-13-16)31-28-8-9-29-31/h14-22,25-29H,2-13H2,1H3,(H,30,32). The van der Waals surface area contributed by atoms with Gasteiger partial charge in [0.15, 0.2) is 0 Å². The van der Waals surface area contributed by atoms with E-state index >= 15 is 0 Å². The van der Waals surface area contributed by atoms with Gasteiger partial charge in [-0.15, -0.1) is 11.6 Å². The van der Waals surface area contributed by atoms with Crippen LogP contribution in [-0.2, 0) is 4.79 Å². The maximum Gasteiger partial charge on any atom is 0.224 e. The van der Waals surface area contributed by atoms with Gasteiger partial charge in [0.25, 0.3) is 0 Å². The van der Waals surface area contributed by atoms with Crippen molar-refractivity contribution in [3.63, 3.8) is 0 Å². The zero-order valence-corrected chi connectivity index (χ0v) is 20.2. The van der Waals surface area contributed by atoms with Crippen LogP contribution in [-0.4, -0.2) is 73.4 Å². The van der Waals surface area contributed by atoms with Crippen LogP contribution >= 0.6 is 11.6 Å². The molecule has 4 saturated heterocycles. The largest absolute Gasteiger partial charge is 0.352 e. The van der Waals surface area contributed by atoms with Crippen molar-refractivity contribution in [3.8, 4) is 0 Å². The molecule has 9 heteroatoms. The molecule has 182 valence electrons. The first-order valence-corrected chi connectivity index (χ1v) is 13.4. The molecule has 9 atom stereocenters. The van der Waals surface area contributed by atoms with Gasteiger partial charge in [0.05, 0.1) is 11.3 Å². The van der Waals surface area contributed by atoms with Gasteiger partial charge in [0.1, 0.15) is 6.17 Å². The summed E-state index contributed by atoms with van der Waals surface area (Å²) in [4.78, 5) is 13.1. The zero-order chi connectivity index (χ0) is 22.1. The van der Waals surface area contributed by atoms with Crippen molar-refractivity contribution in [2.75, 3.05) is 32.7 Å². The quantitative estimate of drug-likeness (QED) is 0.335. The number of amides is 1. The highest BCUT2D eigenvalue weighted by Gasteiger charge is 2.43. The molecule has 0 aromatic carbocycles. The van der Waals surface area contributed by atoms with Crippen LogP contribution in [0.1, 0.15) is 51.9 Å². The highest BCUT2D eigenvalue weighted by atomic mass is 35.5. The zero-order valence-electron chi connectivity index (χ0n) is 19.4. The molecule has 32 heavy (non-hydrogen) atoms. The minimum Gasteiger partial charge on any atom is -0.352 e. The fourth-order valence-electron chi connectivity index (χ4n) is 7.13. The van der Waals surface area contributed by atoms with E-state index in [-0.39, 0.29) is 29.4 Å². The van der Waals surface area contributed by atoms with Gasteiger partial charge in [-0.05, 0) is 62.8 Å². The summed E-state index contributed by atoms with van der Waals surface area (Å²) >= 11 is 6.66. The Morgan fingerprint density at radius 3 is 2.53 bits per heavy atom. The summed E-state index contributed by atoms with van der Waals surface area (Å²) in [5.41, 5.74) is 6.59. The monoisotopic (exact) mass is 467 g/mol. The molecule has 0 aromatic rings. The predicted molar refractivity (Wildman–Crippen MR) is 127 cm³/mol. The van der Waals surface area contributed by atoms with Crippen molar-refractivity contribution in [3.05, 3.63) is 0 Å². The Morgan fingerprint density at radius 1 is 0.938 bits per heavy atom. The molecule has 5 fully saturated rings. The van der Waals surface area contributed by atoms with Gasteiger partial charge >= 0.3 is 0 Å². The number of halogens is 1. The third kappa shape index (κ3) is 4.97. The lowest BCUT2D eigenvalue weighted by molar-refractivity contribution is -0.127. The number of hydrogen-bond donors (Lipinski definition) is 6. The number of hydrazine groups is 2. The van der Waals surface area contributed by atoms with Crippen LogP contribution in [0, 0.1) is 23.7 Å². The van der Waals surface area contributed by atoms with E-state index in [4.69, 9.17) is 11.6 Å². The second kappa shape index (κ2) is 10.4. The van der Waals surface area contributed by atoms with E-state index < -0.39 is 0 Å². The van der Waals surface area contributed by atoms with E-state index in [9.17, 15) is 4.79 Å². The van der Waals surface area contributed by atoms with Crippen LogP contribution in [0.4, 0.5) is 0 Å². The molecule has 1 amide bonds. The fourth-order valence-corrected chi connectivity index (χ4v) is 7.55. The van der Waals surface area contributed by atoms with Crippen LogP contribution < -0.4 is 32.1 Å². The Labute approximate surface area is 197 Å². The summed E-state index contributed by atoms with van der Waals surface area (Å²) in [5.74, 6) is 2.34. The lowest BCUT2D eigenvalue weighted by Gasteiger charge is -2.49. The highest BCUT2D eigenvalue weighted by molar-refractivity contribution is 6.21. The Balaban J connectivity index is 1.11. The molecule has 9 unspecified atom stereocenters. The van der Waals surface area contributed by atoms with Crippen molar-refractivity contribution < 1.29 is 4.79 Å². The van der Waals surface area contributed by atoms with E-state index in [1.54, 1.807) is 0 Å². The highest BCUT2D eigenvalue weighted by Crippen LogP contribution is 2.41. The molecular formula is C23H42ClN7O. The summed E-state index contributed by atoms with van der Waals surface area (Å²) in [6.45, 7) is 6.92. The number of nitrogens with one attached hydrogen (secondary N) is 6. The molecule has 4 heterocycles. The Hall–Kier alpha value is -0.480. The topological polar surface area (TPSA) is 92.5 Å². The second-order valence-electron chi connectivity index (χ2n) is 10.8. The first-order chi connectivity index (χ1) is 15.6. The molecule has 6 N–H and O–H groups in total. The number of carbonyl (C=O) groups excluding carboxylic acids is 1. The molecular weight excluding hydrogens is 426 g/mol. The number of hydrogen-bond acceptors (Lipinski definition) is 7. The van der Waals surface area contributed by atoms with Gasteiger partial charge in [0.2, 0.25) is 5.91 Å². The molecule has 0 radical (unpaired) electrons. The number of alkyl halides is 1. The van der Waals surface area contributed by atoms with Crippen molar-refractivity contribution in [2.45, 2.75) is 81.5 Å². The van der Waals surface area contributed by atoms with Gasteiger partial charge in [-0.1, -0.05) is 13.3 Å². The fraction of sp³-hybridized carbons (Fsp3) is 0.957. The molecule has 8 nitrogen and oxygen atoms in total. The van der Waals surface area contributed by atoms with Crippen LogP contribution in [0.2, 0.25) is 0 Å². The molecule has 0 bridgehead atoms. The third-order valence-corrected chi connectivity index (χ3v) is 9.10. The van der Waals surface area contributed by atoms with Gasteiger partial charge in [0, 0.05) is 44.3 Å². The average molecular weight is 468 g/mol. The lowest BCUT2D eigenvalue weighted by Crippen LogP contribution is -2.64. The van der Waals surface area contributed by atoms with Crippen LogP contribution in [0.25, 0.3) is 0 Å². The number of nitrogens with zero attached hydrogens (tertiary/aromatic N) is 1. The maximum atomic E-state index is 13.1. The third-order valence-electron chi connectivity index (χ3n) is 8.68. The van der Waals surface area contributed by atoms with Gasteiger partial charge in [-0.25, -0.2) is 10.9 Å². The smallest absolute Gasteiger partial charge is 0.224 e. The maximum absolute atomic E-state index is 13.1. The van der Waals surface area contributed by atoms with E-state index in [1.807, 2.05) is 5.12 Å². The first-order valence-electron chi connectivity index (χ1n) is 13.0. The van der Waals surface area contributed by atoms with Crippen molar-refractivity contribution in [1.82, 2.24) is 37.2 Å². The molecule has 0 aromatic heterocycles. The van der Waals surface area contributed by atoms with Gasteiger partial charge in [-0.2, -0.15) is 5.12 Å². The van der Waals surface area contributed by atoms with Crippen LogP contribution in [0.3, 0.4) is 0 Å². The lowest BCUT2D eigenvalue weighted by atomic mass is 9.65. The molecule has 5 aliphatic rings. The summed E-state index contributed by atoms with van der Waals surface area (Å²) in [6.07, 6.45) is 8.51. The molecule has 5 rings (SSSR count). The average Bonchev–Trinajstić information content (AvgIpc) is 3.33. The Kier molecular flexibility index (Phi) is 7.58.